The molecule has 0 aliphatic carbocycles. The van der Waals surface area contributed by atoms with Gasteiger partial charge in [0.05, 0.1) is 52.5 Å². The number of carbonyl (C=O) groups excluding carboxylic acids is 1. The molecule has 20 nitrogen and oxygen atoms in total. The van der Waals surface area contributed by atoms with Crippen molar-refractivity contribution >= 4 is 5.97 Å². The lowest BCUT2D eigenvalue weighted by molar-refractivity contribution is -0.423. The largest absolute Gasteiger partial charge is 0.459 e. The smallest absolute Gasteiger partial charge is 0.311 e. The highest BCUT2D eigenvalue weighted by Crippen LogP contribution is 2.40. The summed E-state index contributed by atoms with van der Waals surface area (Å²) in [6.07, 6.45) is 0.0190. The van der Waals surface area contributed by atoms with Crippen molar-refractivity contribution in [2.45, 2.75) is 238 Å². The number of carbonyl (C=O) groups is 1. The third-order valence-corrected chi connectivity index (χ3v) is 15.3. The van der Waals surface area contributed by atoms with Gasteiger partial charge in [0.1, 0.15) is 30.6 Å². The van der Waals surface area contributed by atoms with Crippen molar-refractivity contribution in [3.63, 3.8) is 0 Å². The number of nitrogens with zero attached hydrogens (tertiary/aromatic N) is 4. The van der Waals surface area contributed by atoms with Gasteiger partial charge in [-0.15, -0.1) is 0 Å². The van der Waals surface area contributed by atoms with Gasteiger partial charge in [-0.25, -0.2) is 10.2 Å². The first-order valence-electron chi connectivity index (χ1n) is 26.8. The van der Waals surface area contributed by atoms with Crippen LogP contribution >= 0.6 is 0 Å². The van der Waals surface area contributed by atoms with Crippen LogP contribution in [0.5, 0.6) is 0 Å². The minimum Gasteiger partial charge on any atom is -0.459 e. The number of nitro groups is 1. The Morgan fingerprint density at radius 3 is 2.17 bits per heavy atom. The Kier molecular flexibility index (Phi) is 30.1. The quantitative estimate of drug-likeness (QED) is 0.0221. The van der Waals surface area contributed by atoms with Crippen LogP contribution in [0.15, 0.2) is 35.8 Å². The molecule has 0 radical (unpaired) electrons. The molecule has 3 aliphatic rings. The lowest BCUT2D eigenvalue weighted by atomic mass is 9.77. The number of aliphatic hydroxyl groups is 5. The average molecular weight is 1080 g/mol. The van der Waals surface area contributed by atoms with Gasteiger partial charge < -0.3 is 74.5 Å². The SMILES string of the molecule is C/C=C(\C)C[C@@H](CF)N(N)/C=C(\N)CCCCN(C)[C@H]1C[C@@H](C)O[C@@H](O[C@@H]2[C@@H](C)[C@H](O[C@H]3C[C@@](C)(OC)C[C@H](C)O3)[C@@H](C)C(=O)O[C@H](CC)[C@@](C)(O)[C@H](O)[C@@H](C)N(C)C[C@H](C)C[C@@]2(C)O)[C@@H]1O.C=C(C)[N+](=O)[O-].CO. The summed E-state index contributed by atoms with van der Waals surface area (Å²) in [5.74, 6) is 3.62. The molecule has 0 amide bonds. The molecule has 0 bridgehead atoms. The highest BCUT2D eigenvalue weighted by Gasteiger charge is 2.52. The molecule has 3 saturated heterocycles. The second kappa shape index (κ2) is 32.2. The highest BCUT2D eigenvalue weighted by molar-refractivity contribution is 5.73. The van der Waals surface area contributed by atoms with Gasteiger partial charge in [0, 0.05) is 70.4 Å². The minimum atomic E-state index is -1.81. The van der Waals surface area contributed by atoms with Gasteiger partial charge >= 0.3 is 5.97 Å². The van der Waals surface area contributed by atoms with E-state index >= 15 is 0 Å². The lowest BCUT2D eigenvalue weighted by Crippen LogP contribution is -2.60. The molecule has 9 N–H and O–H groups in total. The molecule has 0 aromatic rings. The molecule has 3 aliphatic heterocycles. The number of nitrogens with two attached hydrogens (primary N) is 2. The number of rotatable bonds is 18. The molecule has 0 unspecified atom stereocenters. The first kappa shape index (κ1) is 70.1. The van der Waals surface area contributed by atoms with Gasteiger partial charge in [-0.1, -0.05) is 32.4 Å². The predicted molar refractivity (Wildman–Crippen MR) is 288 cm³/mol. The predicted octanol–water partition coefficient (Wildman–Crippen LogP) is 5.55. The number of cyclic esters (lactones) is 1. The highest BCUT2D eigenvalue weighted by atomic mass is 19.1. The Morgan fingerprint density at radius 2 is 1.64 bits per heavy atom. The number of hydrogen-bond acceptors (Lipinski definition) is 19. The maximum Gasteiger partial charge on any atom is 0.311 e. The van der Waals surface area contributed by atoms with Crippen LogP contribution < -0.4 is 11.6 Å². The van der Waals surface area contributed by atoms with E-state index in [1.807, 2.05) is 80.5 Å². The Labute approximate surface area is 449 Å². The van der Waals surface area contributed by atoms with Crippen LogP contribution in [0.2, 0.25) is 0 Å². The van der Waals surface area contributed by atoms with E-state index < -0.39 is 101 Å². The fourth-order valence-electron chi connectivity index (χ4n) is 10.7. The molecular weight excluding hydrogens is 976 g/mol. The monoisotopic (exact) mass is 1080 g/mol. The van der Waals surface area contributed by atoms with E-state index in [0.29, 0.717) is 50.9 Å². The number of likely N-dealkylation sites (N-methyl/N-ethyl adjacent to an activating group) is 2. The number of methoxy groups -OCH3 is 1. The Hall–Kier alpha value is -2.90. The summed E-state index contributed by atoms with van der Waals surface area (Å²) >= 11 is 0. The van der Waals surface area contributed by atoms with E-state index in [1.54, 1.807) is 34.1 Å². The van der Waals surface area contributed by atoms with Crippen molar-refractivity contribution in [3.05, 3.63) is 45.9 Å². The number of esters is 1. The summed E-state index contributed by atoms with van der Waals surface area (Å²) in [7, 11) is 6.45. The van der Waals surface area contributed by atoms with Crippen LogP contribution in [0.4, 0.5) is 4.39 Å². The first-order valence-corrected chi connectivity index (χ1v) is 26.8. The average Bonchev–Trinajstić information content (AvgIpc) is 3.34. The number of hydrazine groups is 1. The van der Waals surface area contributed by atoms with Crippen molar-refractivity contribution in [1.29, 1.82) is 0 Å². The minimum absolute atomic E-state index is 0.0185. The third kappa shape index (κ3) is 21.3. The first-order chi connectivity index (χ1) is 34.8. The van der Waals surface area contributed by atoms with Gasteiger partial charge in [-0.2, -0.15) is 0 Å². The summed E-state index contributed by atoms with van der Waals surface area (Å²) in [4.78, 5) is 27.3. The maximum absolute atomic E-state index is 14.4. The van der Waals surface area contributed by atoms with E-state index in [-0.39, 0.29) is 42.7 Å². The second-order valence-electron chi connectivity index (χ2n) is 22.4. The maximum atomic E-state index is 14.4. The van der Waals surface area contributed by atoms with Crippen LogP contribution in [0.3, 0.4) is 0 Å². The number of alkyl halides is 1. The fraction of sp³-hybridized carbons (Fsp3) is 0.870. The zero-order chi connectivity index (χ0) is 57.9. The van der Waals surface area contributed by atoms with Crippen LogP contribution in [0.25, 0.3) is 0 Å². The zero-order valence-electron chi connectivity index (χ0n) is 48.7. The lowest BCUT2D eigenvalue weighted by Gasteiger charge is -2.48. The van der Waals surface area contributed by atoms with Crippen molar-refractivity contribution in [3.8, 4) is 0 Å². The molecule has 440 valence electrons. The molecule has 3 fully saturated rings. The van der Waals surface area contributed by atoms with E-state index in [2.05, 4.69) is 11.5 Å². The summed E-state index contributed by atoms with van der Waals surface area (Å²) in [5.41, 5.74) is 3.95. The molecule has 21 heteroatoms. The van der Waals surface area contributed by atoms with E-state index in [4.69, 9.17) is 45.1 Å². The summed E-state index contributed by atoms with van der Waals surface area (Å²) in [5, 5.41) is 66.2. The van der Waals surface area contributed by atoms with Crippen molar-refractivity contribution in [1.82, 2.24) is 14.8 Å². The summed E-state index contributed by atoms with van der Waals surface area (Å²) < 4.78 is 52.4. The van der Waals surface area contributed by atoms with Crippen molar-refractivity contribution in [2.75, 3.05) is 48.1 Å². The Balaban J connectivity index is 0.00000327. The van der Waals surface area contributed by atoms with E-state index in [0.717, 1.165) is 25.5 Å². The number of unbranched alkanes of at least 4 members (excludes halogenated alkanes) is 1. The molecule has 0 spiro atoms. The van der Waals surface area contributed by atoms with Crippen molar-refractivity contribution < 1.29 is 68.1 Å². The number of ether oxygens (including phenoxy) is 6. The number of hydrogen-bond donors (Lipinski definition) is 7. The molecule has 0 aromatic heterocycles. The van der Waals surface area contributed by atoms with Crippen LogP contribution in [-0.2, 0) is 33.2 Å². The van der Waals surface area contributed by atoms with E-state index in [9.17, 15) is 39.7 Å². The molecule has 0 aromatic carbocycles. The Morgan fingerprint density at radius 1 is 1.04 bits per heavy atom. The van der Waals surface area contributed by atoms with Gasteiger partial charge in [-0.05, 0) is 140 Å². The molecule has 75 heavy (non-hydrogen) atoms. The second-order valence-corrected chi connectivity index (χ2v) is 22.4. The van der Waals surface area contributed by atoms with Crippen LogP contribution in [0.1, 0.15) is 148 Å². The molecule has 3 heterocycles. The van der Waals surface area contributed by atoms with Gasteiger partial charge in [0.15, 0.2) is 12.6 Å². The fourth-order valence-corrected chi connectivity index (χ4v) is 10.7. The molecular formula is C54H103FN6O14. The molecule has 0 saturated carbocycles. The topological polar surface area (TPSA) is 278 Å². The van der Waals surface area contributed by atoms with Crippen molar-refractivity contribution in [2.24, 2.45) is 29.3 Å². The standard InChI is InChI=1S/C50H94FN5O11.C3H5NO2.CH4O/c1-16-30(3)22-38(27-51)56(53)29-37(52)20-18-19-21-54(13)39-23-32(5)64-47(42(39)57)67-45-34(7)43(66-41-26-48(10,62-15)25-33(6)63-41)35(8)46(59)65-40(17-2)50(12,61)44(58)36(9)55(14)28-31(4)24-49(45,11)60;1-3(2)4(5)6;1-2/h16,29,31-36,38-45,47,57-58,60-61H,17-28,52-53H2,1-15H3;1H2,2H3;2H,1H3/b30-16+,37-29-;;/t31-,32-,33+,34+,35-,36-,38+,39+,40-,41+,42-,43+,44-,45-,47+,48+,49-,50-;;/m1../s1. The number of aliphatic hydroxyl groups excluding tert-OH is 3. The zero-order valence-corrected chi connectivity index (χ0v) is 48.7. The van der Waals surface area contributed by atoms with Crippen LogP contribution in [-0.4, -0.2) is 190 Å². The number of allylic oxidation sites excluding steroid dienone is 3. The number of halogens is 1. The van der Waals surface area contributed by atoms with Crippen LogP contribution in [0, 0.1) is 27.9 Å². The Bertz CT molecular complexity index is 1770. The normalized spacial score (nSPS) is 37.4. The third-order valence-electron chi connectivity index (χ3n) is 15.3. The summed E-state index contributed by atoms with van der Waals surface area (Å²) in [6.45, 7) is 26.9. The van der Waals surface area contributed by atoms with Gasteiger partial charge in [-0.3, -0.25) is 14.9 Å². The van der Waals surface area contributed by atoms with Gasteiger partial charge in [0.25, 0.3) is 0 Å². The molecule has 3 rings (SSSR count). The summed E-state index contributed by atoms with van der Waals surface area (Å²) in [6, 6.07) is -1.42. The van der Waals surface area contributed by atoms with E-state index in [1.165, 1.54) is 18.9 Å². The molecule has 18 atom stereocenters. The van der Waals surface area contributed by atoms with Gasteiger partial charge in [0.2, 0.25) is 5.70 Å².